The van der Waals surface area contributed by atoms with E-state index in [-0.39, 0.29) is 6.04 Å². The van der Waals surface area contributed by atoms with Gasteiger partial charge in [0.05, 0.1) is 17.6 Å². The van der Waals surface area contributed by atoms with Crippen LogP contribution < -0.4 is 10.5 Å². The van der Waals surface area contributed by atoms with E-state index in [2.05, 4.69) is 31.1 Å². The second-order valence-corrected chi connectivity index (χ2v) is 4.54. The van der Waals surface area contributed by atoms with E-state index in [4.69, 9.17) is 10.5 Å². The van der Waals surface area contributed by atoms with E-state index in [9.17, 15) is 0 Å². The van der Waals surface area contributed by atoms with Gasteiger partial charge >= 0.3 is 0 Å². The zero-order valence-electron chi connectivity index (χ0n) is 9.57. The van der Waals surface area contributed by atoms with Gasteiger partial charge in [0.2, 0.25) is 0 Å². The zero-order valence-corrected chi connectivity index (χ0v) is 11.2. The first-order valence-corrected chi connectivity index (χ1v) is 5.93. The largest absolute Gasteiger partial charge is 0.496 e. The topological polar surface area (TPSA) is 76.8 Å². The van der Waals surface area contributed by atoms with E-state index >= 15 is 0 Å². The van der Waals surface area contributed by atoms with Crippen molar-refractivity contribution in [2.75, 3.05) is 7.11 Å². The molecular weight excluding hydrogens is 284 g/mol. The number of nitrogens with two attached hydrogens (primary N) is 1. The highest BCUT2D eigenvalue weighted by Gasteiger charge is 2.10. The monoisotopic (exact) mass is 296 g/mol. The van der Waals surface area contributed by atoms with Crippen LogP contribution in [0.3, 0.4) is 0 Å². The number of hydrogen-bond acceptors (Lipinski definition) is 4. The molecule has 0 saturated carbocycles. The number of halogens is 1. The Morgan fingerprint density at radius 1 is 1.47 bits per heavy atom. The number of benzene rings is 1. The Bertz CT molecular complexity index is 524. The summed E-state index contributed by atoms with van der Waals surface area (Å²) in [6, 6.07) is 5.52. The molecule has 1 aromatic heterocycles. The van der Waals surface area contributed by atoms with Crippen LogP contribution in [-0.4, -0.2) is 22.3 Å². The van der Waals surface area contributed by atoms with Gasteiger partial charge in [-0.1, -0.05) is 0 Å². The molecule has 17 heavy (non-hydrogen) atoms. The van der Waals surface area contributed by atoms with Gasteiger partial charge in [0.25, 0.3) is 0 Å². The fourth-order valence-electron chi connectivity index (χ4n) is 1.41. The van der Waals surface area contributed by atoms with Gasteiger partial charge in [-0.3, -0.25) is 5.10 Å². The molecule has 2 aromatic rings. The molecule has 0 aliphatic rings. The number of nitrogens with zero attached hydrogens (tertiary/aromatic N) is 2. The zero-order chi connectivity index (χ0) is 12.4. The number of H-pyrrole nitrogens is 1. The Morgan fingerprint density at radius 2 is 2.24 bits per heavy atom. The molecule has 90 valence electrons. The molecule has 0 saturated heterocycles. The van der Waals surface area contributed by atoms with Gasteiger partial charge in [-0.2, -0.15) is 5.10 Å². The third kappa shape index (κ3) is 2.48. The van der Waals surface area contributed by atoms with Gasteiger partial charge in [0, 0.05) is 5.56 Å². The second-order valence-electron chi connectivity index (χ2n) is 3.68. The van der Waals surface area contributed by atoms with Crippen LogP contribution in [0.5, 0.6) is 5.75 Å². The van der Waals surface area contributed by atoms with E-state index < -0.39 is 0 Å². The Morgan fingerprint density at radius 3 is 2.76 bits per heavy atom. The van der Waals surface area contributed by atoms with E-state index in [1.54, 1.807) is 7.11 Å². The summed E-state index contributed by atoms with van der Waals surface area (Å²) in [7, 11) is 1.63. The fraction of sp³-hybridized carbons (Fsp3) is 0.273. The number of aromatic amines is 1. The van der Waals surface area contributed by atoms with Gasteiger partial charge in [-0.05, 0) is 41.1 Å². The molecule has 0 amide bonds. The number of ether oxygens (including phenoxy) is 1. The van der Waals surface area contributed by atoms with Crippen molar-refractivity contribution >= 4 is 15.9 Å². The number of nitrogens with one attached hydrogen (secondary N) is 1. The summed E-state index contributed by atoms with van der Waals surface area (Å²) in [6.45, 7) is 1.86. The fourth-order valence-corrected chi connectivity index (χ4v) is 1.95. The minimum absolute atomic E-state index is 0.155. The Balaban J connectivity index is 2.36. The third-order valence-electron chi connectivity index (χ3n) is 2.34. The average Bonchev–Trinajstić information content (AvgIpc) is 2.78. The highest BCUT2D eigenvalue weighted by molar-refractivity contribution is 9.10. The van der Waals surface area contributed by atoms with Gasteiger partial charge < -0.3 is 10.5 Å². The summed E-state index contributed by atoms with van der Waals surface area (Å²) in [5.41, 5.74) is 6.62. The Hall–Kier alpha value is -1.40. The SMILES string of the molecule is COc1ccc(-c2n[nH]c(C(C)N)n2)cc1Br. The van der Waals surface area contributed by atoms with E-state index in [1.165, 1.54) is 0 Å². The van der Waals surface area contributed by atoms with Crippen molar-refractivity contribution in [1.29, 1.82) is 0 Å². The highest BCUT2D eigenvalue weighted by Crippen LogP contribution is 2.29. The van der Waals surface area contributed by atoms with Crippen LogP contribution >= 0.6 is 15.9 Å². The van der Waals surface area contributed by atoms with Crippen LogP contribution in [0, 0.1) is 0 Å². The van der Waals surface area contributed by atoms with Crippen molar-refractivity contribution in [3.63, 3.8) is 0 Å². The number of aromatic nitrogens is 3. The summed E-state index contributed by atoms with van der Waals surface area (Å²) in [5, 5.41) is 6.95. The van der Waals surface area contributed by atoms with Crippen molar-refractivity contribution < 1.29 is 4.74 Å². The van der Waals surface area contributed by atoms with Crippen LogP contribution in [0.15, 0.2) is 22.7 Å². The van der Waals surface area contributed by atoms with Gasteiger partial charge in [0.15, 0.2) is 5.82 Å². The quantitative estimate of drug-likeness (QED) is 0.911. The minimum atomic E-state index is -0.155. The van der Waals surface area contributed by atoms with Crippen molar-refractivity contribution in [2.45, 2.75) is 13.0 Å². The van der Waals surface area contributed by atoms with E-state index in [0.717, 1.165) is 15.8 Å². The van der Waals surface area contributed by atoms with Crippen molar-refractivity contribution in [3.8, 4) is 17.1 Å². The van der Waals surface area contributed by atoms with Crippen molar-refractivity contribution in [2.24, 2.45) is 5.73 Å². The lowest BCUT2D eigenvalue weighted by Gasteiger charge is -2.03. The normalized spacial score (nSPS) is 12.5. The van der Waals surface area contributed by atoms with Crippen LogP contribution in [0.1, 0.15) is 18.8 Å². The van der Waals surface area contributed by atoms with Gasteiger partial charge in [0.1, 0.15) is 11.6 Å². The molecular formula is C11H13BrN4O. The Labute approximate surface area is 108 Å². The van der Waals surface area contributed by atoms with E-state index in [0.29, 0.717) is 11.6 Å². The minimum Gasteiger partial charge on any atom is -0.496 e. The predicted molar refractivity (Wildman–Crippen MR) is 68.7 cm³/mol. The first-order valence-electron chi connectivity index (χ1n) is 5.13. The summed E-state index contributed by atoms with van der Waals surface area (Å²) in [6.07, 6.45) is 0. The van der Waals surface area contributed by atoms with E-state index in [1.807, 2.05) is 25.1 Å². The number of hydrogen-bond donors (Lipinski definition) is 2. The van der Waals surface area contributed by atoms with Gasteiger partial charge in [-0.25, -0.2) is 4.98 Å². The summed E-state index contributed by atoms with van der Waals surface area (Å²) >= 11 is 3.42. The maximum Gasteiger partial charge on any atom is 0.181 e. The lowest BCUT2D eigenvalue weighted by atomic mass is 10.2. The second kappa shape index (κ2) is 4.85. The summed E-state index contributed by atoms with van der Waals surface area (Å²) in [4.78, 5) is 4.32. The Kier molecular flexibility index (Phi) is 3.44. The highest BCUT2D eigenvalue weighted by atomic mass is 79.9. The average molecular weight is 297 g/mol. The first kappa shape index (κ1) is 12.1. The third-order valence-corrected chi connectivity index (χ3v) is 2.96. The lowest BCUT2D eigenvalue weighted by Crippen LogP contribution is -2.06. The standard InChI is InChI=1S/C11H13BrN4O/c1-6(13)10-14-11(16-15-10)7-3-4-9(17-2)8(12)5-7/h3-6H,13H2,1-2H3,(H,14,15,16). The summed E-state index contributed by atoms with van der Waals surface area (Å²) in [5.74, 6) is 2.07. The van der Waals surface area contributed by atoms with Crippen molar-refractivity contribution in [1.82, 2.24) is 15.2 Å². The van der Waals surface area contributed by atoms with Gasteiger partial charge in [-0.15, -0.1) is 0 Å². The molecule has 2 rings (SSSR count). The molecule has 1 unspecified atom stereocenters. The molecule has 0 bridgehead atoms. The summed E-state index contributed by atoms with van der Waals surface area (Å²) < 4.78 is 6.03. The molecule has 1 atom stereocenters. The van der Waals surface area contributed by atoms with Crippen molar-refractivity contribution in [3.05, 3.63) is 28.5 Å². The molecule has 1 heterocycles. The van der Waals surface area contributed by atoms with Crippen LogP contribution in [0.25, 0.3) is 11.4 Å². The van der Waals surface area contributed by atoms with Crippen LogP contribution in [0.4, 0.5) is 0 Å². The first-order chi connectivity index (χ1) is 8.11. The molecule has 0 radical (unpaired) electrons. The molecule has 0 spiro atoms. The number of methoxy groups -OCH3 is 1. The maximum absolute atomic E-state index is 5.72. The molecule has 6 heteroatoms. The number of rotatable bonds is 3. The smallest absolute Gasteiger partial charge is 0.181 e. The molecule has 1 aromatic carbocycles. The molecule has 3 N–H and O–H groups in total. The maximum atomic E-state index is 5.72. The lowest BCUT2D eigenvalue weighted by molar-refractivity contribution is 0.412. The predicted octanol–water partition coefficient (Wildman–Crippen LogP) is 2.26. The molecule has 0 fully saturated rings. The molecule has 0 aliphatic heterocycles. The van der Waals surface area contributed by atoms with Crippen LogP contribution in [-0.2, 0) is 0 Å². The molecule has 0 aliphatic carbocycles. The van der Waals surface area contributed by atoms with Crippen LogP contribution in [0.2, 0.25) is 0 Å². The molecule has 5 nitrogen and oxygen atoms in total.